The first-order chi connectivity index (χ1) is 12.3. The highest BCUT2D eigenvalue weighted by Gasteiger charge is 2.44. The van der Waals surface area contributed by atoms with E-state index in [2.05, 4.69) is 25.8 Å². The lowest BCUT2D eigenvalue weighted by Crippen LogP contribution is -2.46. The molecule has 0 bridgehead atoms. The molecule has 4 nitrogen and oxygen atoms in total. The smallest absolute Gasteiger partial charge is 0.184 e. The molecule has 0 radical (unpaired) electrons. The molecule has 0 aliphatic heterocycles. The quantitative estimate of drug-likeness (QED) is 0.784. The summed E-state index contributed by atoms with van der Waals surface area (Å²) in [6.07, 6.45) is 4.29. The van der Waals surface area contributed by atoms with Gasteiger partial charge in [0.15, 0.2) is 5.78 Å². The van der Waals surface area contributed by atoms with Gasteiger partial charge in [-0.05, 0) is 49.3 Å². The van der Waals surface area contributed by atoms with Crippen LogP contribution in [0.25, 0.3) is 0 Å². The van der Waals surface area contributed by atoms with Gasteiger partial charge in [0.2, 0.25) is 0 Å². The van der Waals surface area contributed by atoms with Gasteiger partial charge in [0.1, 0.15) is 17.2 Å². The Bertz CT molecular complexity index is 756. The Morgan fingerprint density at radius 3 is 2.38 bits per heavy atom. The predicted molar refractivity (Wildman–Crippen MR) is 101 cm³/mol. The highest BCUT2D eigenvalue weighted by molar-refractivity contribution is 5.96. The number of benzene rings is 1. The monoisotopic (exact) mass is 353 g/mol. The van der Waals surface area contributed by atoms with Gasteiger partial charge in [0.25, 0.3) is 0 Å². The highest BCUT2D eigenvalue weighted by atomic mass is 16.5. The standard InChI is InChI=1S/C22H27NO3/c1-21(2,3)22(25)12-9-16(10-13-22)20(24)19-15-18(11-14-23-19)26-17-7-5-4-6-8-17/h4-8,11,14-16,25H,9-10,12-13H2,1-3H3. The van der Waals surface area contributed by atoms with Gasteiger partial charge in [0, 0.05) is 18.2 Å². The zero-order valence-corrected chi connectivity index (χ0v) is 15.7. The highest BCUT2D eigenvalue weighted by Crippen LogP contribution is 2.44. The van der Waals surface area contributed by atoms with Crippen LogP contribution < -0.4 is 4.74 Å². The summed E-state index contributed by atoms with van der Waals surface area (Å²) in [6.45, 7) is 6.17. The zero-order chi connectivity index (χ0) is 18.8. The van der Waals surface area contributed by atoms with E-state index < -0.39 is 5.60 Å². The van der Waals surface area contributed by atoms with Crippen molar-refractivity contribution in [3.63, 3.8) is 0 Å². The molecule has 1 fully saturated rings. The molecule has 1 heterocycles. The van der Waals surface area contributed by atoms with Crippen LogP contribution in [0, 0.1) is 11.3 Å². The molecule has 0 saturated heterocycles. The molecular weight excluding hydrogens is 326 g/mol. The summed E-state index contributed by atoms with van der Waals surface area (Å²) < 4.78 is 5.80. The Hall–Kier alpha value is -2.20. The van der Waals surface area contributed by atoms with Gasteiger partial charge in [-0.3, -0.25) is 9.78 Å². The lowest BCUT2D eigenvalue weighted by molar-refractivity contribution is -0.0902. The fourth-order valence-corrected chi connectivity index (χ4v) is 3.55. The lowest BCUT2D eigenvalue weighted by atomic mass is 9.65. The zero-order valence-electron chi connectivity index (χ0n) is 15.7. The first kappa shape index (κ1) is 18.6. The van der Waals surface area contributed by atoms with Crippen molar-refractivity contribution >= 4 is 5.78 Å². The maximum absolute atomic E-state index is 12.9. The number of aliphatic hydroxyl groups is 1. The Labute approximate surface area is 155 Å². The molecule has 0 unspecified atom stereocenters. The number of ketones is 1. The van der Waals surface area contributed by atoms with Crippen molar-refractivity contribution < 1.29 is 14.6 Å². The third-order valence-corrected chi connectivity index (χ3v) is 5.54. The van der Waals surface area contributed by atoms with E-state index in [4.69, 9.17) is 4.74 Å². The summed E-state index contributed by atoms with van der Waals surface area (Å²) in [5.41, 5.74) is -0.442. The first-order valence-corrected chi connectivity index (χ1v) is 9.24. The van der Waals surface area contributed by atoms with Crippen molar-refractivity contribution in [3.8, 4) is 11.5 Å². The molecule has 138 valence electrons. The van der Waals surface area contributed by atoms with Crippen molar-refractivity contribution in [2.75, 3.05) is 0 Å². The van der Waals surface area contributed by atoms with Crippen LogP contribution in [0.1, 0.15) is 56.9 Å². The predicted octanol–water partition coefficient (Wildman–Crippen LogP) is 5.02. The summed E-state index contributed by atoms with van der Waals surface area (Å²) in [7, 11) is 0. The first-order valence-electron chi connectivity index (χ1n) is 9.24. The summed E-state index contributed by atoms with van der Waals surface area (Å²) in [5, 5.41) is 10.8. The molecule has 1 aromatic heterocycles. The third kappa shape index (κ3) is 3.96. The molecule has 1 N–H and O–H groups in total. The second-order valence-electron chi connectivity index (χ2n) is 8.21. The lowest BCUT2D eigenvalue weighted by Gasteiger charge is -2.44. The van der Waals surface area contributed by atoms with Crippen LogP contribution in [-0.2, 0) is 0 Å². The van der Waals surface area contributed by atoms with Gasteiger partial charge in [-0.15, -0.1) is 0 Å². The van der Waals surface area contributed by atoms with E-state index in [1.807, 2.05) is 30.3 Å². The van der Waals surface area contributed by atoms with Gasteiger partial charge < -0.3 is 9.84 Å². The van der Waals surface area contributed by atoms with E-state index in [9.17, 15) is 9.90 Å². The van der Waals surface area contributed by atoms with Crippen molar-refractivity contribution in [1.29, 1.82) is 0 Å². The number of pyridine rings is 1. The van der Waals surface area contributed by atoms with E-state index >= 15 is 0 Å². The largest absolute Gasteiger partial charge is 0.457 e. The fraction of sp³-hybridized carbons (Fsp3) is 0.455. The maximum Gasteiger partial charge on any atom is 0.184 e. The molecule has 2 aromatic rings. The summed E-state index contributed by atoms with van der Waals surface area (Å²) in [5.74, 6) is 1.29. The van der Waals surface area contributed by atoms with Crippen LogP contribution in [-0.4, -0.2) is 21.5 Å². The molecule has 4 heteroatoms. The molecule has 0 amide bonds. The van der Waals surface area contributed by atoms with Gasteiger partial charge >= 0.3 is 0 Å². The number of hydrogen-bond acceptors (Lipinski definition) is 4. The molecule has 1 aliphatic rings. The second-order valence-corrected chi connectivity index (χ2v) is 8.21. The molecule has 26 heavy (non-hydrogen) atoms. The number of carbonyl (C=O) groups excluding carboxylic acids is 1. The topological polar surface area (TPSA) is 59.4 Å². The Morgan fingerprint density at radius 2 is 1.77 bits per heavy atom. The van der Waals surface area contributed by atoms with Gasteiger partial charge in [0.05, 0.1) is 5.60 Å². The summed E-state index contributed by atoms with van der Waals surface area (Å²) >= 11 is 0. The second kappa shape index (κ2) is 7.20. The van der Waals surface area contributed by atoms with Crippen molar-refractivity contribution in [1.82, 2.24) is 4.98 Å². The average Bonchev–Trinajstić information content (AvgIpc) is 2.62. The van der Waals surface area contributed by atoms with Crippen LogP contribution in [0.3, 0.4) is 0 Å². The SMILES string of the molecule is CC(C)(C)C1(O)CCC(C(=O)c2cc(Oc3ccccc3)ccn2)CC1. The molecule has 1 saturated carbocycles. The van der Waals surface area contributed by atoms with Crippen molar-refractivity contribution in [3.05, 3.63) is 54.4 Å². The molecule has 1 aromatic carbocycles. The van der Waals surface area contributed by atoms with Gasteiger partial charge in [-0.25, -0.2) is 0 Å². The number of aromatic nitrogens is 1. The van der Waals surface area contributed by atoms with Crippen molar-refractivity contribution in [2.24, 2.45) is 11.3 Å². The molecule has 1 aliphatic carbocycles. The minimum Gasteiger partial charge on any atom is -0.457 e. The minimum atomic E-state index is -0.699. The Morgan fingerprint density at radius 1 is 1.12 bits per heavy atom. The van der Waals surface area contributed by atoms with E-state index in [1.54, 1.807) is 18.3 Å². The maximum atomic E-state index is 12.9. The fourth-order valence-electron chi connectivity index (χ4n) is 3.55. The van der Waals surface area contributed by atoms with Crippen LogP contribution in [0.4, 0.5) is 0 Å². The normalized spacial score (nSPS) is 23.5. The Kier molecular flexibility index (Phi) is 5.15. The number of ether oxygens (including phenoxy) is 1. The van der Waals surface area contributed by atoms with Gasteiger partial charge in [-0.2, -0.15) is 0 Å². The van der Waals surface area contributed by atoms with E-state index in [-0.39, 0.29) is 17.1 Å². The summed E-state index contributed by atoms with van der Waals surface area (Å²) in [4.78, 5) is 17.1. The van der Waals surface area contributed by atoms with Crippen LogP contribution in [0.2, 0.25) is 0 Å². The third-order valence-electron chi connectivity index (χ3n) is 5.54. The molecule has 0 spiro atoms. The molecule has 3 rings (SSSR count). The van der Waals surface area contributed by atoms with Crippen LogP contribution in [0.15, 0.2) is 48.7 Å². The molecular formula is C22H27NO3. The van der Waals surface area contributed by atoms with Crippen LogP contribution >= 0.6 is 0 Å². The van der Waals surface area contributed by atoms with E-state index in [0.29, 0.717) is 37.1 Å². The van der Waals surface area contributed by atoms with Gasteiger partial charge in [-0.1, -0.05) is 39.0 Å². The average molecular weight is 353 g/mol. The van der Waals surface area contributed by atoms with E-state index in [0.717, 1.165) is 5.75 Å². The number of hydrogen-bond donors (Lipinski definition) is 1. The van der Waals surface area contributed by atoms with Crippen LogP contribution in [0.5, 0.6) is 11.5 Å². The van der Waals surface area contributed by atoms with E-state index in [1.165, 1.54) is 0 Å². The number of carbonyl (C=O) groups is 1. The molecule has 0 atom stereocenters. The number of rotatable bonds is 4. The minimum absolute atomic E-state index is 0.0412. The number of nitrogens with zero attached hydrogens (tertiary/aromatic N) is 1. The number of Topliss-reactive ketones (excluding diaryl/α,β-unsaturated/α-hetero) is 1. The number of para-hydroxylation sites is 1. The summed E-state index contributed by atoms with van der Waals surface area (Å²) in [6, 6.07) is 12.9. The Balaban J connectivity index is 1.68. The van der Waals surface area contributed by atoms with Crippen molar-refractivity contribution in [2.45, 2.75) is 52.1 Å².